The van der Waals surface area contributed by atoms with Gasteiger partial charge in [-0.15, -0.1) is 0 Å². The SMILES string of the molecule is CCc1cnc(N(c2ccc(C(F)(F)F)cc2)C23CC(C=O)C2C3)nc1. The van der Waals surface area contributed by atoms with Crippen molar-refractivity contribution in [3.8, 4) is 0 Å². The predicted molar refractivity (Wildman–Crippen MR) is 90.0 cm³/mol. The topological polar surface area (TPSA) is 46.1 Å². The number of aromatic nitrogens is 2. The van der Waals surface area contributed by atoms with Crippen molar-refractivity contribution in [2.75, 3.05) is 4.90 Å². The van der Waals surface area contributed by atoms with Crippen molar-refractivity contribution >= 4 is 17.9 Å². The monoisotopic (exact) mass is 361 g/mol. The van der Waals surface area contributed by atoms with E-state index in [1.165, 1.54) is 12.1 Å². The lowest BCUT2D eigenvalue weighted by atomic mass is 9.80. The average Bonchev–Trinajstić information content (AvgIpc) is 3.21. The number of nitrogens with zero attached hydrogens (tertiary/aromatic N) is 3. The van der Waals surface area contributed by atoms with Gasteiger partial charge in [0, 0.05) is 24.0 Å². The maximum atomic E-state index is 12.9. The third kappa shape index (κ3) is 2.57. The lowest BCUT2D eigenvalue weighted by Gasteiger charge is -2.41. The molecule has 0 amide bonds. The van der Waals surface area contributed by atoms with E-state index in [9.17, 15) is 18.0 Å². The van der Waals surface area contributed by atoms with E-state index in [1.807, 2.05) is 11.8 Å². The highest BCUT2D eigenvalue weighted by molar-refractivity contribution is 5.69. The van der Waals surface area contributed by atoms with E-state index >= 15 is 0 Å². The zero-order valence-electron chi connectivity index (χ0n) is 14.2. The van der Waals surface area contributed by atoms with Crippen molar-refractivity contribution in [2.24, 2.45) is 11.8 Å². The Morgan fingerprint density at radius 3 is 2.35 bits per heavy atom. The first-order chi connectivity index (χ1) is 12.4. The molecule has 1 aromatic heterocycles. The van der Waals surface area contributed by atoms with E-state index < -0.39 is 11.7 Å². The third-order valence-corrected chi connectivity index (χ3v) is 5.58. The second-order valence-electron chi connectivity index (χ2n) is 7.04. The summed E-state index contributed by atoms with van der Waals surface area (Å²) in [5.41, 5.74) is 0.672. The summed E-state index contributed by atoms with van der Waals surface area (Å²) in [5, 5.41) is 0. The molecule has 1 heterocycles. The Hall–Kier alpha value is -2.44. The summed E-state index contributed by atoms with van der Waals surface area (Å²) in [7, 11) is 0. The molecule has 7 heteroatoms. The normalized spacial score (nSPS) is 26.6. The van der Waals surface area contributed by atoms with E-state index in [4.69, 9.17) is 0 Å². The number of alkyl halides is 3. The van der Waals surface area contributed by atoms with Crippen LogP contribution in [0.1, 0.15) is 30.9 Å². The van der Waals surface area contributed by atoms with Crippen LogP contribution in [0.3, 0.4) is 0 Å². The van der Waals surface area contributed by atoms with Gasteiger partial charge in [0.2, 0.25) is 5.95 Å². The number of rotatable bonds is 5. The number of aryl methyl sites for hydroxylation is 1. The highest BCUT2D eigenvalue weighted by atomic mass is 19.4. The number of carbonyl (C=O) groups is 1. The van der Waals surface area contributed by atoms with Crippen LogP contribution < -0.4 is 4.90 Å². The van der Waals surface area contributed by atoms with Gasteiger partial charge in [-0.2, -0.15) is 13.2 Å². The molecular formula is C19H18F3N3O. The molecule has 136 valence electrons. The van der Waals surface area contributed by atoms with Gasteiger partial charge >= 0.3 is 6.18 Å². The summed E-state index contributed by atoms with van der Waals surface area (Å²) in [6.45, 7) is 2.00. The first kappa shape index (κ1) is 17.0. The summed E-state index contributed by atoms with van der Waals surface area (Å²) in [6.07, 6.45) is 2.40. The van der Waals surface area contributed by atoms with Gasteiger partial charge in [0.25, 0.3) is 0 Å². The van der Waals surface area contributed by atoms with E-state index in [-0.39, 0.29) is 17.4 Å². The van der Waals surface area contributed by atoms with Gasteiger partial charge in [-0.3, -0.25) is 0 Å². The minimum atomic E-state index is -4.37. The molecule has 0 radical (unpaired) electrons. The number of halogens is 3. The Labute approximate surface area is 149 Å². The Bertz CT molecular complexity index is 819. The molecule has 2 aliphatic rings. The minimum absolute atomic E-state index is 0.0156. The van der Waals surface area contributed by atoms with Crippen molar-refractivity contribution in [3.05, 3.63) is 47.8 Å². The van der Waals surface area contributed by atoms with Crippen LogP contribution in [0.2, 0.25) is 0 Å². The Balaban J connectivity index is 1.71. The average molecular weight is 361 g/mol. The Morgan fingerprint density at radius 2 is 1.85 bits per heavy atom. The van der Waals surface area contributed by atoms with Crippen LogP contribution in [0.5, 0.6) is 0 Å². The molecule has 1 aromatic carbocycles. The molecule has 0 aliphatic heterocycles. The van der Waals surface area contributed by atoms with E-state index in [1.54, 1.807) is 12.4 Å². The first-order valence-corrected chi connectivity index (χ1v) is 8.63. The van der Waals surface area contributed by atoms with Gasteiger partial charge in [-0.1, -0.05) is 6.92 Å². The fraction of sp³-hybridized carbons (Fsp3) is 0.421. The number of aldehydes is 1. The minimum Gasteiger partial charge on any atom is -0.304 e. The third-order valence-electron chi connectivity index (χ3n) is 5.58. The molecule has 2 aliphatic carbocycles. The maximum Gasteiger partial charge on any atom is 0.416 e. The number of hydrogen-bond donors (Lipinski definition) is 0. The molecular weight excluding hydrogens is 343 g/mol. The van der Waals surface area contributed by atoms with Crippen molar-refractivity contribution in [2.45, 2.75) is 37.9 Å². The Kier molecular flexibility index (Phi) is 3.78. The van der Waals surface area contributed by atoms with Crippen LogP contribution in [0.15, 0.2) is 36.7 Å². The number of carbonyl (C=O) groups excluding carboxylic acids is 1. The quantitative estimate of drug-likeness (QED) is 0.750. The second-order valence-corrected chi connectivity index (χ2v) is 7.04. The van der Waals surface area contributed by atoms with Crippen molar-refractivity contribution in [1.29, 1.82) is 0 Å². The van der Waals surface area contributed by atoms with Gasteiger partial charge in [-0.25, -0.2) is 9.97 Å². The van der Waals surface area contributed by atoms with Crippen molar-refractivity contribution in [3.63, 3.8) is 0 Å². The van der Waals surface area contributed by atoms with Gasteiger partial charge < -0.3 is 9.69 Å². The first-order valence-electron chi connectivity index (χ1n) is 8.63. The van der Waals surface area contributed by atoms with Crippen LogP contribution in [0.4, 0.5) is 24.8 Å². The van der Waals surface area contributed by atoms with Crippen LogP contribution in [0.25, 0.3) is 0 Å². The number of anilines is 2. The second kappa shape index (κ2) is 5.79. The molecule has 0 N–H and O–H groups in total. The lowest BCUT2D eigenvalue weighted by molar-refractivity contribution is -0.137. The van der Waals surface area contributed by atoms with Crippen LogP contribution in [0, 0.1) is 11.8 Å². The van der Waals surface area contributed by atoms with Crippen LogP contribution >= 0.6 is 0 Å². The molecule has 0 saturated heterocycles. The molecule has 3 atom stereocenters. The molecule has 4 nitrogen and oxygen atoms in total. The smallest absolute Gasteiger partial charge is 0.304 e. The Morgan fingerprint density at radius 1 is 1.19 bits per heavy atom. The molecule has 3 unspecified atom stereocenters. The van der Waals surface area contributed by atoms with E-state index in [2.05, 4.69) is 9.97 Å². The summed E-state index contributed by atoms with van der Waals surface area (Å²) in [4.78, 5) is 21.9. The fourth-order valence-corrected chi connectivity index (χ4v) is 4.00. The molecule has 4 rings (SSSR count). The highest BCUT2D eigenvalue weighted by Crippen LogP contribution is 2.67. The van der Waals surface area contributed by atoms with Crippen LogP contribution in [-0.2, 0) is 17.4 Å². The highest BCUT2D eigenvalue weighted by Gasteiger charge is 2.71. The molecule has 26 heavy (non-hydrogen) atoms. The zero-order valence-corrected chi connectivity index (χ0v) is 14.2. The van der Waals surface area contributed by atoms with E-state index in [0.29, 0.717) is 18.1 Å². The molecule has 2 saturated carbocycles. The van der Waals surface area contributed by atoms with Gasteiger partial charge in [-0.05, 0) is 55.0 Å². The van der Waals surface area contributed by atoms with Gasteiger partial charge in [0.1, 0.15) is 6.29 Å². The fourth-order valence-electron chi connectivity index (χ4n) is 4.00. The predicted octanol–water partition coefficient (Wildman–Crippen LogP) is 4.17. The number of benzene rings is 1. The maximum absolute atomic E-state index is 12.9. The van der Waals surface area contributed by atoms with Gasteiger partial charge in [0.05, 0.1) is 11.1 Å². The van der Waals surface area contributed by atoms with Crippen LogP contribution in [-0.4, -0.2) is 21.8 Å². The van der Waals surface area contributed by atoms with Gasteiger partial charge in [0.15, 0.2) is 0 Å². The molecule has 0 bridgehead atoms. The molecule has 0 spiro atoms. The zero-order chi connectivity index (χ0) is 18.5. The molecule has 2 fully saturated rings. The van der Waals surface area contributed by atoms with Crippen molar-refractivity contribution in [1.82, 2.24) is 9.97 Å². The standard InChI is InChI=1S/C19H18F3N3O/c1-2-12-9-23-17(24-10-12)25(18-7-13(11-26)16(18)8-18)15-5-3-14(4-6-15)19(20,21)22/h3-6,9-11,13,16H,2,7-8H2,1H3. The summed E-state index contributed by atoms with van der Waals surface area (Å²) in [5.74, 6) is 0.701. The lowest BCUT2D eigenvalue weighted by Crippen LogP contribution is -2.46. The largest absolute Gasteiger partial charge is 0.416 e. The van der Waals surface area contributed by atoms with Crippen molar-refractivity contribution < 1.29 is 18.0 Å². The summed E-state index contributed by atoms with van der Waals surface area (Å²) in [6, 6.07) is 5.07. The van der Waals surface area contributed by atoms with E-state index in [0.717, 1.165) is 36.8 Å². The summed E-state index contributed by atoms with van der Waals surface area (Å²) < 4.78 is 38.6. The summed E-state index contributed by atoms with van der Waals surface area (Å²) >= 11 is 0. The number of fused-ring (bicyclic) bond motifs is 1. The number of hydrogen-bond acceptors (Lipinski definition) is 4. The molecule has 2 aromatic rings.